The topological polar surface area (TPSA) is 95.7 Å². The fraction of sp³-hybridized carbons (Fsp3) is 0.381. The van der Waals surface area contributed by atoms with E-state index in [1.54, 1.807) is 0 Å². The number of aliphatic hydroxyl groups excluding tert-OH is 1. The molecule has 2 aromatic carbocycles. The Kier molecular flexibility index (Phi) is 7.66. The minimum absolute atomic E-state index is 0.0742. The third kappa shape index (κ3) is 5.92. The SMILES string of the molecule is O=C(CCc1cc(Cl)c(Cl)cc1[N+](=O)[O-])NC(CN1CCC(O)C1)c1ccccc1. The Labute approximate surface area is 184 Å². The number of carbonyl (C=O) groups excluding carboxylic acids is 1. The summed E-state index contributed by atoms with van der Waals surface area (Å²) in [5.41, 5.74) is 1.18. The Morgan fingerprint density at radius 2 is 1.97 bits per heavy atom. The quantitative estimate of drug-likeness (QED) is 0.470. The number of rotatable bonds is 8. The lowest BCUT2D eigenvalue weighted by Crippen LogP contribution is -2.37. The zero-order chi connectivity index (χ0) is 21.7. The summed E-state index contributed by atoms with van der Waals surface area (Å²) in [6, 6.07) is 12.0. The normalized spacial score (nSPS) is 17.6. The van der Waals surface area contributed by atoms with Gasteiger partial charge in [0.2, 0.25) is 5.91 Å². The molecule has 0 aromatic heterocycles. The zero-order valence-corrected chi connectivity index (χ0v) is 17.8. The van der Waals surface area contributed by atoms with Gasteiger partial charge in [-0.15, -0.1) is 0 Å². The summed E-state index contributed by atoms with van der Waals surface area (Å²) in [6.45, 7) is 1.93. The van der Waals surface area contributed by atoms with E-state index in [4.69, 9.17) is 23.2 Å². The molecule has 2 N–H and O–H groups in total. The van der Waals surface area contributed by atoms with Gasteiger partial charge in [-0.05, 0) is 24.5 Å². The Balaban J connectivity index is 1.67. The lowest BCUT2D eigenvalue weighted by Gasteiger charge is -2.25. The predicted octanol–water partition coefficient (Wildman–Crippen LogP) is 3.76. The van der Waals surface area contributed by atoms with Gasteiger partial charge in [0.05, 0.1) is 27.1 Å². The predicted molar refractivity (Wildman–Crippen MR) is 116 cm³/mol. The summed E-state index contributed by atoms with van der Waals surface area (Å²) in [7, 11) is 0. The average molecular weight is 452 g/mol. The van der Waals surface area contributed by atoms with Crippen LogP contribution in [0.1, 0.15) is 30.0 Å². The molecule has 2 aromatic rings. The van der Waals surface area contributed by atoms with Crippen LogP contribution in [0.15, 0.2) is 42.5 Å². The number of aryl methyl sites for hydroxylation is 1. The van der Waals surface area contributed by atoms with Crippen molar-refractivity contribution in [3.8, 4) is 0 Å². The fourth-order valence-corrected chi connectivity index (χ4v) is 3.96. The molecule has 3 rings (SSSR count). The number of hydrogen-bond donors (Lipinski definition) is 2. The van der Waals surface area contributed by atoms with Crippen molar-refractivity contribution in [1.29, 1.82) is 0 Å². The van der Waals surface area contributed by atoms with Crippen molar-refractivity contribution in [1.82, 2.24) is 10.2 Å². The molecule has 1 fully saturated rings. The van der Waals surface area contributed by atoms with Crippen molar-refractivity contribution in [3.63, 3.8) is 0 Å². The molecule has 9 heteroatoms. The van der Waals surface area contributed by atoms with Crippen molar-refractivity contribution in [2.24, 2.45) is 0 Å². The van der Waals surface area contributed by atoms with Gasteiger partial charge in [-0.2, -0.15) is 0 Å². The number of nitro groups is 1. The van der Waals surface area contributed by atoms with Crippen LogP contribution in [-0.4, -0.2) is 46.6 Å². The first-order chi connectivity index (χ1) is 14.3. The maximum atomic E-state index is 12.7. The third-order valence-corrected chi connectivity index (χ3v) is 5.89. The van der Waals surface area contributed by atoms with Crippen LogP contribution >= 0.6 is 23.2 Å². The molecule has 1 amide bonds. The highest BCUT2D eigenvalue weighted by molar-refractivity contribution is 6.42. The lowest BCUT2D eigenvalue weighted by atomic mass is 10.0. The second-order valence-electron chi connectivity index (χ2n) is 7.38. The van der Waals surface area contributed by atoms with Crippen LogP contribution in [0, 0.1) is 10.1 Å². The number of hydrogen-bond acceptors (Lipinski definition) is 5. The molecule has 2 atom stereocenters. The molecule has 0 spiro atoms. The van der Waals surface area contributed by atoms with E-state index in [9.17, 15) is 20.0 Å². The van der Waals surface area contributed by atoms with E-state index < -0.39 is 4.92 Å². The minimum atomic E-state index is -0.527. The van der Waals surface area contributed by atoms with Gasteiger partial charge in [-0.1, -0.05) is 53.5 Å². The molecule has 0 radical (unpaired) electrons. The first-order valence-electron chi connectivity index (χ1n) is 9.70. The maximum Gasteiger partial charge on any atom is 0.274 e. The van der Waals surface area contributed by atoms with Crippen LogP contribution in [-0.2, 0) is 11.2 Å². The Bertz CT molecular complexity index is 911. The zero-order valence-electron chi connectivity index (χ0n) is 16.3. The molecular formula is C21H23Cl2N3O4. The summed E-state index contributed by atoms with van der Waals surface area (Å²) in [5.74, 6) is -0.219. The van der Waals surface area contributed by atoms with Gasteiger partial charge in [-0.25, -0.2) is 0 Å². The largest absolute Gasteiger partial charge is 0.392 e. The molecule has 1 aliphatic heterocycles. The van der Waals surface area contributed by atoms with Crippen LogP contribution in [0.25, 0.3) is 0 Å². The van der Waals surface area contributed by atoms with Gasteiger partial charge in [0, 0.05) is 37.7 Å². The highest BCUT2D eigenvalue weighted by atomic mass is 35.5. The van der Waals surface area contributed by atoms with Crippen molar-refractivity contribution in [2.75, 3.05) is 19.6 Å². The molecule has 160 valence electrons. The first-order valence-corrected chi connectivity index (χ1v) is 10.5. The number of nitrogens with zero attached hydrogens (tertiary/aromatic N) is 2. The van der Waals surface area contributed by atoms with E-state index >= 15 is 0 Å². The molecule has 1 heterocycles. The molecular weight excluding hydrogens is 429 g/mol. The van der Waals surface area contributed by atoms with Crippen molar-refractivity contribution in [2.45, 2.75) is 31.4 Å². The van der Waals surface area contributed by atoms with E-state index in [2.05, 4.69) is 10.2 Å². The van der Waals surface area contributed by atoms with Crippen LogP contribution in [0.5, 0.6) is 0 Å². The second-order valence-corrected chi connectivity index (χ2v) is 8.20. The van der Waals surface area contributed by atoms with Crippen LogP contribution in [0.4, 0.5) is 5.69 Å². The molecule has 1 saturated heterocycles. The van der Waals surface area contributed by atoms with Crippen LogP contribution in [0.3, 0.4) is 0 Å². The number of amides is 1. The van der Waals surface area contributed by atoms with E-state index in [0.29, 0.717) is 18.7 Å². The lowest BCUT2D eigenvalue weighted by molar-refractivity contribution is -0.385. The molecule has 1 aliphatic rings. The molecule has 30 heavy (non-hydrogen) atoms. The number of likely N-dealkylation sites (tertiary alicyclic amines) is 1. The average Bonchev–Trinajstić information content (AvgIpc) is 3.13. The Hall–Kier alpha value is -2.19. The molecule has 2 unspecified atom stereocenters. The Morgan fingerprint density at radius 1 is 1.27 bits per heavy atom. The fourth-order valence-electron chi connectivity index (χ4n) is 3.62. The number of nitrogens with one attached hydrogen (secondary N) is 1. The standard InChI is InChI=1S/C21H23Cl2N3O4/c22-17-10-15(20(26(29)30)11-18(17)23)6-7-21(28)24-19(14-4-2-1-3-5-14)13-25-9-8-16(27)12-25/h1-5,10-11,16,19,27H,6-9,12-13H2,(H,24,28). The summed E-state index contributed by atoms with van der Waals surface area (Å²) in [4.78, 5) is 25.5. The maximum absolute atomic E-state index is 12.7. The van der Waals surface area contributed by atoms with Gasteiger partial charge in [0.25, 0.3) is 5.69 Å². The van der Waals surface area contributed by atoms with Gasteiger partial charge in [-0.3, -0.25) is 19.8 Å². The van der Waals surface area contributed by atoms with E-state index in [1.165, 1.54) is 12.1 Å². The van der Waals surface area contributed by atoms with Crippen molar-refractivity contribution in [3.05, 3.63) is 73.8 Å². The number of nitro benzene ring substituents is 1. The number of halogens is 2. The summed E-state index contributed by atoms with van der Waals surface area (Å²) in [5, 5.41) is 24.4. The van der Waals surface area contributed by atoms with Gasteiger partial charge >= 0.3 is 0 Å². The van der Waals surface area contributed by atoms with Crippen molar-refractivity contribution >= 4 is 34.8 Å². The first kappa shape index (κ1) is 22.5. The Morgan fingerprint density at radius 3 is 2.60 bits per heavy atom. The number of aliphatic hydroxyl groups is 1. The number of β-amino-alcohol motifs (C(OH)–C–C–N with tert-alkyl or cyclic N) is 1. The third-order valence-electron chi connectivity index (χ3n) is 5.17. The molecule has 0 bridgehead atoms. The molecule has 7 nitrogen and oxygen atoms in total. The number of carbonyl (C=O) groups is 1. The van der Waals surface area contributed by atoms with Crippen molar-refractivity contribution < 1.29 is 14.8 Å². The highest BCUT2D eigenvalue weighted by Gasteiger charge is 2.25. The highest BCUT2D eigenvalue weighted by Crippen LogP contribution is 2.31. The van der Waals surface area contributed by atoms with E-state index in [1.807, 2.05) is 30.3 Å². The number of benzene rings is 2. The second kappa shape index (κ2) is 10.2. The van der Waals surface area contributed by atoms with Gasteiger partial charge in [0.1, 0.15) is 0 Å². The smallest absolute Gasteiger partial charge is 0.274 e. The summed E-state index contributed by atoms with van der Waals surface area (Å²) < 4.78 is 0. The minimum Gasteiger partial charge on any atom is -0.392 e. The monoisotopic (exact) mass is 451 g/mol. The molecule has 0 aliphatic carbocycles. The van der Waals surface area contributed by atoms with Crippen LogP contribution < -0.4 is 5.32 Å². The van der Waals surface area contributed by atoms with E-state index in [-0.39, 0.29) is 46.6 Å². The summed E-state index contributed by atoms with van der Waals surface area (Å²) in [6.07, 6.45) is 0.622. The van der Waals surface area contributed by atoms with Gasteiger partial charge < -0.3 is 10.4 Å². The summed E-state index contributed by atoms with van der Waals surface area (Å²) >= 11 is 11.9. The van der Waals surface area contributed by atoms with Gasteiger partial charge in [0.15, 0.2) is 0 Å². The molecule has 0 saturated carbocycles. The van der Waals surface area contributed by atoms with E-state index in [0.717, 1.165) is 18.5 Å². The van der Waals surface area contributed by atoms with Crippen LogP contribution in [0.2, 0.25) is 10.0 Å².